The summed E-state index contributed by atoms with van der Waals surface area (Å²) in [5.74, 6) is -0.0457. The second-order valence-corrected chi connectivity index (χ2v) is 27.4. The Bertz CT molecular complexity index is 1410. The van der Waals surface area contributed by atoms with Crippen molar-refractivity contribution in [1.82, 2.24) is 5.32 Å². The Morgan fingerprint density at radius 3 is 0.874 bits per heavy atom. The third-order valence-corrected chi connectivity index (χ3v) is 18.7. The Morgan fingerprint density at radius 2 is 0.575 bits per heavy atom. The number of nitrogens with one attached hydrogen (secondary N) is 1. The zero-order chi connectivity index (χ0) is 62.8. The lowest BCUT2D eigenvalue weighted by molar-refractivity contribution is -0.143. The number of aliphatic hydroxyl groups is 2. The number of hydrogen-bond acceptors (Lipinski definition) is 5. The molecule has 0 spiro atoms. The molecule has 1 amide bonds. The minimum atomic E-state index is -0.845. The van der Waals surface area contributed by atoms with Crippen molar-refractivity contribution in [3.8, 4) is 0 Å². The second-order valence-electron chi connectivity index (χ2n) is 27.4. The summed E-state index contributed by atoms with van der Waals surface area (Å²) in [6.45, 7) is 4.95. The average molecular weight is 1220 g/mol. The zero-order valence-corrected chi connectivity index (χ0v) is 59.0. The van der Waals surface area contributed by atoms with Crippen molar-refractivity contribution in [2.75, 3.05) is 13.2 Å². The van der Waals surface area contributed by atoms with E-state index in [1.807, 2.05) is 6.08 Å². The maximum atomic E-state index is 12.6. The Labute approximate surface area is 544 Å². The molecule has 0 heterocycles. The predicted octanol–water partition coefficient (Wildman–Crippen LogP) is 26.2. The summed E-state index contributed by atoms with van der Waals surface area (Å²) in [6.07, 6.45) is 99.8. The Hall–Kier alpha value is -1.92. The van der Waals surface area contributed by atoms with E-state index < -0.39 is 12.1 Å². The van der Waals surface area contributed by atoms with E-state index in [0.29, 0.717) is 19.4 Å². The number of aliphatic hydroxyl groups excluding tert-OH is 2. The predicted molar refractivity (Wildman–Crippen MR) is 384 cm³/mol. The van der Waals surface area contributed by atoms with Gasteiger partial charge in [-0.3, -0.25) is 9.59 Å². The van der Waals surface area contributed by atoms with E-state index in [9.17, 15) is 19.8 Å². The van der Waals surface area contributed by atoms with Crippen molar-refractivity contribution >= 4 is 11.9 Å². The monoisotopic (exact) mass is 1220 g/mol. The molecule has 0 bridgehead atoms. The molecule has 0 fully saturated rings. The molecule has 0 radical (unpaired) electrons. The molecule has 0 aliphatic heterocycles. The summed E-state index contributed by atoms with van der Waals surface area (Å²) in [5, 5.41) is 23.3. The number of allylic oxidation sites excluding steroid dienone is 5. The molecule has 0 saturated carbocycles. The number of rotatable bonds is 75. The lowest BCUT2D eigenvalue weighted by Crippen LogP contribution is -2.45. The fraction of sp³-hybridized carbons (Fsp3) is 0.901. The highest BCUT2D eigenvalue weighted by Crippen LogP contribution is 2.20. The topological polar surface area (TPSA) is 95.9 Å². The Balaban J connectivity index is 3.40. The highest BCUT2D eigenvalue weighted by atomic mass is 16.5. The first-order valence-electron chi connectivity index (χ1n) is 39.8. The van der Waals surface area contributed by atoms with E-state index in [0.717, 1.165) is 44.9 Å². The van der Waals surface area contributed by atoms with Gasteiger partial charge in [0.05, 0.1) is 25.4 Å². The number of hydrogen-bond donors (Lipinski definition) is 3. The van der Waals surface area contributed by atoms with Gasteiger partial charge in [-0.05, 0) is 64.2 Å². The van der Waals surface area contributed by atoms with Gasteiger partial charge in [0.25, 0.3) is 0 Å². The molecular formula is C81H155NO5. The van der Waals surface area contributed by atoms with E-state index in [-0.39, 0.29) is 18.5 Å². The molecule has 2 atom stereocenters. The molecule has 6 heteroatoms. The zero-order valence-electron chi connectivity index (χ0n) is 59.0. The van der Waals surface area contributed by atoms with E-state index >= 15 is 0 Å². The number of carbonyl (C=O) groups is 2. The molecule has 0 saturated heterocycles. The van der Waals surface area contributed by atoms with Gasteiger partial charge in [-0.25, -0.2) is 0 Å². The quantitative estimate of drug-likeness (QED) is 0.0320. The summed E-state index contributed by atoms with van der Waals surface area (Å²) >= 11 is 0. The van der Waals surface area contributed by atoms with Crippen LogP contribution < -0.4 is 5.32 Å². The molecule has 0 aromatic heterocycles. The summed E-state index contributed by atoms with van der Waals surface area (Å²) in [6, 6.07) is -0.628. The van der Waals surface area contributed by atoms with Gasteiger partial charge in [-0.2, -0.15) is 0 Å². The van der Waals surface area contributed by atoms with Crippen molar-refractivity contribution in [2.24, 2.45) is 0 Å². The van der Waals surface area contributed by atoms with Gasteiger partial charge in [0.15, 0.2) is 0 Å². The van der Waals surface area contributed by atoms with Crippen LogP contribution in [0.5, 0.6) is 0 Å². The van der Waals surface area contributed by atoms with E-state index in [2.05, 4.69) is 43.5 Å². The lowest BCUT2D eigenvalue weighted by atomic mass is 10.0. The highest BCUT2D eigenvalue weighted by molar-refractivity contribution is 5.76. The molecule has 514 valence electrons. The van der Waals surface area contributed by atoms with Crippen LogP contribution in [0.2, 0.25) is 0 Å². The number of unbranched alkanes of at least 4 members (excludes halogenated alkanes) is 60. The SMILES string of the molecule is CCCCCCCCCCCCCCCCCCCCCCCCC/C=C/C(O)C(CO)NC(=O)CCCCCCCCCCCCCCCCCCC/C=C\C/C=C\CCCCCCCCCCCOC(=O)CCCCCCCCCCCCCC. The van der Waals surface area contributed by atoms with Crippen molar-refractivity contribution in [3.63, 3.8) is 0 Å². The average Bonchev–Trinajstić information content (AvgIpc) is 3.52. The number of carbonyl (C=O) groups excluding carboxylic acids is 2. The van der Waals surface area contributed by atoms with E-state index in [4.69, 9.17) is 4.74 Å². The first-order chi connectivity index (χ1) is 43.0. The van der Waals surface area contributed by atoms with Crippen molar-refractivity contribution in [2.45, 2.75) is 456 Å². The van der Waals surface area contributed by atoms with E-state index in [1.165, 1.54) is 372 Å². The molecule has 0 aliphatic rings. The smallest absolute Gasteiger partial charge is 0.305 e. The largest absolute Gasteiger partial charge is 0.466 e. The van der Waals surface area contributed by atoms with Crippen LogP contribution in [0, 0.1) is 0 Å². The molecule has 2 unspecified atom stereocenters. The summed E-state index contributed by atoms with van der Waals surface area (Å²) in [7, 11) is 0. The molecular weight excluding hydrogens is 1070 g/mol. The summed E-state index contributed by atoms with van der Waals surface area (Å²) < 4.78 is 5.48. The maximum absolute atomic E-state index is 12.6. The molecule has 0 aliphatic carbocycles. The van der Waals surface area contributed by atoms with Crippen LogP contribution in [0.1, 0.15) is 444 Å². The lowest BCUT2D eigenvalue weighted by Gasteiger charge is -2.20. The van der Waals surface area contributed by atoms with Crippen LogP contribution >= 0.6 is 0 Å². The van der Waals surface area contributed by atoms with Crippen LogP contribution in [0.4, 0.5) is 0 Å². The molecule has 0 rings (SSSR count). The van der Waals surface area contributed by atoms with Gasteiger partial charge < -0.3 is 20.3 Å². The van der Waals surface area contributed by atoms with Crippen molar-refractivity contribution in [1.29, 1.82) is 0 Å². The van der Waals surface area contributed by atoms with Crippen LogP contribution in [-0.2, 0) is 14.3 Å². The maximum Gasteiger partial charge on any atom is 0.305 e. The minimum Gasteiger partial charge on any atom is -0.466 e. The number of ether oxygens (including phenoxy) is 1. The third kappa shape index (κ3) is 73.0. The molecule has 3 N–H and O–H groups in total. The van der Waals surface area contributed by atoms with Crippen molar-refractivity contribution < 1.29 is 24.5 Å². The third-order valence-electron chi connectivity index (χ3n) is 18.7. The second kappa shape index (κ2) is 76.5. The fourth-order valence-corrected chi connectivity index (χ4v) is 12.6. The summed E-state index contributed by atoms with van der Waals surface area (Å²) in [4.78, 5) is 24.6. The van der Waals surface area contributed by atoms with Gasteiger partial charge in [0.1, 0.15) is 0 Å². The van der Waals surface area contributed by atoms with Gasteiger partial charge in [0.2, 0.25) is 5.91 Å². The Morgan fingerprint density at radius 1 is 0.322 bits per heavy atom. The van der Waals surface area contributed by atoms with Crippen LogP contribution in [0.15, 0.2) is 36.5 Å². The molecule has 87 heavy (non-hydrogen) atoms. The summed E-state index contributed by atoms with van der Waals surface area (Å²) in [5.41, 5.74) is 0. The van der Waals surface area contributed by atoms with Crippen LogP contribution in [0.3, 0.4) is 0 Å². The number of esters is 1. The van der Waals surface area contributed by atoms with Gasteiger partial charge in [-0.1, -0.05) is 403 Å². The van der Waals surface area contributed by atoms with Crippen LogP contribution in [-0.4, -0.2) is 47.4 Å². The van der Waals surface area contributed by atoms with Crippen molar-refractivity contribution in [3.05, 3.63) is 36.5 Å². The van der Waals surface area contributed by atoms with Gasteiger partial charge in [0, 0.05) is 12.8 Å². The first kappa shape index (κ1) is 85.1. The Kier molecular flexibility index (Phi) is 74.8. The molecule has 0 aromatic carbocycles. The normalized spacial score (nSPS) is 12.6. The first-order valence-corrected chi connectivity index (χ1v) is 39.8. The van der Waals surface area contributed by atoms with E-state index in [1.54, 1.807) is 6.08 Å². The van der Waals surface area contributed by atoms with Gasteiger partial charge in [-0.15, -0.1) is 0 Å². The van der Waals surface area contributed by atoms with Crippen LogP contribution in [0.25, 0.3) is 0 Å². The standard InChI is InChI=1S/C81H155NO5/c1-3-5-7-9-11-13-15-17-18-19-20-21-22-32-35-38-41-44-47-50-53-57-61-65-69-73-79(84)78(77-83)82-80(85)74-70-66-62-58-54-51-48-45-42-39-36-33-30-28-26-24-23-25-27-29-31-34-37-40-43-46-49-52-56-60-64-68-72-76-87-81(86)75-71-67-63-59-55-16-14-12-10-8-6-4-2/h27,29,34,37,69,73,78-79,83-84H,3-26,28,30-33,35-36,38-68,70-72,74-77H2,1-2H3,(H,82,85)/b29-27-,37-34-,73-69+. The van der Waals surface area contributed by atoms with Gasteiger partial charge >= 0.3 is 5.97 Å². The molecule has 0 aromatic rings. The number of amides is 1. The highest BCUT2D eigenvalue weighted by Gasteiger charge is 2.18. The minimum absolute atomic E-state index is 0.0153. The fourth-order valence-electron chi connectivity index (χ4n) is 12.6. The molecule has 6 nitrogen and oxygen atoms in total.